The average Bonchev–Trinajstić information content (AvgIpc) is 3.16. The summed E-state index contributed by atoms with van der Waals surface area (Å²) in [6.07, 6.45) is 3.49. The standard InChI is InChI=1S/C25H27N7O/c1-18-22-23(27-16-19-8-4-3-5-9-19)20(17-28-24(22)30(2)29-18)25(33)32-14-12-31(13-15-32)21-10-6-7-11-26-21/h3-11,17H,12-16H2,1-2H3,(H,27,28). The minimum Gasteiger partial charge on any atom is -0.380 e. The maximum Gasteiger partial charge on any atom is 0.257 e. The summed E-state index contributed by atoms with van der Waals surface area (Å²) in [5.74, 6) is 0.938. The highest BCUT2D eigenvalue weighted by Crippen LogP contribution is 2.30. The average molecular weight is 442 g/mol. The second kappa shape index (κ2) is 8.90. The van der Waals surface area contributed by atoms with Gasteiger partial charge in [0.2, 0.25) is 0 Å². The van der Waals surface area contributed by atoms with Crippen LogP contribution in [0.25, 0.3) is 11.0 Å². The molecule has 168 valence electrons. The third-order valence-corrected chi connectivity index (χ3v) is 6.11. The predicted molar refractivity (Wildman–Crippen MR) is 129 cm³/mol. The van der Waals surface area contributed by atoms with E-state index in [-0.39, 0.29) is 5.91 Å². The molecule has 0 bridgehead atoms. The van der Waals surface area contributed by atoms with Crippen molar-refractivity contribution < 1.29 is 4.79 Å². The lowest BCUT2D eigenvalue weighted by atomic mass is 10.1. The maximum atomic E-state index is 13.6. The Morgan fingerprint density at radius 2 is 1.76 bits per heavy atom. The van der Waals surface area contributed by atoms with Crippen LogP contribution < -0.4 is 10.2 Å². The van der Waals surface area contributed by atoms with Gasteiger partial charge in [0.15, 0.2) is 5.65 Å². The summed E-state index contributed by atoms with van der Waals surface area (Å²) in [5, 5.41) is 8.95. The molecule has 1 aromatic carbocycles. The van der Waals surface area contributed by atoms with Crippen molar-refractivity contribution in [2.45, 2.75) is 13.5 Å². The van der Waals surface area contributed by atoms with Crippen molar-refractivity contribution in [1.82, 2.24) is 24.6 Å². The van der Waals surface area contributed by atoms with Crippen LogP contribution in [-0.4, -0.2) is 56.7 Å². The highest BCUT2D eigenvalue weighted by Gasteiger charge is 2.27. The molecule has 8 heteroatoms. The zero-order chi connectivity index (χ0) is 22.8. The molecule has 1 aliphatic heterocycles. The van der Waals surface area contributed by atoms with Crippen LogP contribution in [0.15, 0.2) is 60.9 Å². The van der Waals surface area contributed by atoms with E-state index in [2.05, 4.69) is 37.4 Å². The van der Waals surface area contributed by atoms with Crippen molar-refractivity contribution in [3.05, 3.63) is 77.7 Å². The Morgan fingerprint density at radius 3 is 2.48 bits per heavy atom. The van der Waals surface area contributed by atoms with Crippen LogP contribution in [0.2, 0.25) is 0 Å². The number of carbonyl (C=O) groups is 1. The first-order valence-electron chi connectivity index (χ1n) is 11.2. The van der Waals surface area contributed by atoms with E-state index in [1.807, 2.05) is 55.3 Å². The Bertz CT molecular complexity index is 1260. The van der Waals surface area contributed by atoms with Gasteiger partial charge in [0, 0.05) is 52.2 Å². The number of carbonyl (C=O) groups excluding carboxylic acids is 1. The van der Waals surface area contributed by atoms with Gasteiger partial charge in [-0.2, -0.15) is 5.10 Å². The molecule has 1 N–H and O–H groups in total. The molecule has 3 aromatic heterocycles. The summed E-state index contributed by atoms with van der Waals surface area (Å²) in [5.41, 5.74) is 4.14. The summed E-state index contributed by atoms with van der Waals surface area (Å²) < 4.78 is 1.76. The van der Waals surface area contributed by atoms with Crippen molar-refractivity contribution >= 4 is 28.4 Å². The minimum absolute atomic E-state index is 0.0103. The maximum absolute atomic E-state index is 13.6. The van der Waals surface area contributed by atoms with Crippen LogP contribution >= 0.6 is 0 Å². The van der Waals surface area contributed by atoms with Gasteiger partial charge < -0.3 is 15.1 Å². The molecule has 0 unspecified atom stereocenters. The number of aryl methyl sites for hydroxylation is 2. The Kier molecular flexibility index (Phi) is 5.64. The summed E-state index contributed by atoms with van der Waals surface area (Å²) in [6.45, 7) is 5.34. The van der Waals surface area contributed by atoms with Crippen molar-refractivity contribution in [2.75, 3.05) is 36.4 Å². The first-order chi connectivity index (χ1) is 16.1. The number of rotatable bonds is 5. The Morgan fingerprint density at radius 1 is 1.00 bits per heavy atom. The van der Waals surface area contributed by atoms with Gasteiger partial charge in [0.1, 0.15) is 5.82 Å². The number of fused-ring (bicyclic) bond motifs is 1. The summed E-state index contributed by atoms with van der Waals surface area (Å²) in [7, 11) is 1.88. The van der Waals surface area contributed by atoms with Crippen molar-refractivity contribution in [3.63, 3.8) is 0 Å². The molecule has 0 saturated carbocycles. The number of nitrogens with zero attached hydrogens (tertiary/aromatic N) is 6. The second-order valence-corrected chi connectivity index (χ2v) is 8.26. The lowest BCUT2D eigenvalue weighted by Gasteiger charge is -2.35. The number of amides is 1. The SMILES string of the molecule is Cc1nn(C)c2ncc(C(=O)N3CCN(c4ccccn4)CC3)c(NCc3ccccc3)c12. The van der Waals surface area contributed by atoms with E-state index in [0.717, 1.165) is 46.9 Å². The van der Waals surface area contributed by atoms with E-state index in [1.165, 1.54) is 0 Å². The van der Waals surface area contributed by atoms with Crippen molar-refractivity contribution in [2.24, 2.45) is 7.05 Å². The van der Waals surface area contributed by atoms with Gasteiger partial charge in [0.25, 0.3) is 5.91 Å². The molecule has 4 heterocycles. The fourth-order valence-corrected chi connectivity index (χ4v) is 4.39. The fourth-order valence-electron chi connectivity index (χ4n) is 4.39. The van der Waals surface area contributed by atoms with E-state index in [0.29, 0.717) is 25.2 Å². The molecule has 0 radical (unpaired) electrons. The highest BCUT2D eigenvalue weighted by molar-refractivity contribution is 6.07. The zero-order valence-electron chi connectivity index (χ0n) is 18.9. The number of hydrogen-bond acceptors (Lipinski definition) is 6. The molecule has 0 spiro atoms. The lowest BCUT2D eigenvalue weighted by molar-refractivity contribution is 0.0747. The molecule has 0 atom stereocenters. The van der Waals surface area contributed by atoms with E-state index in [9.17, 15) is 4.79 Å². The number of nitrogens with one attached hydrogen (secondary N) is 1. The molecule has 33 heavy (non-hydrogen) atoms. The molecular formula is C25H27N7O. The van der Waals surface area contributed by atoms with Crippen LogP contribution in [0.1, 0.15) is 21.6 Å². The zero-order valence-corrected chi connectivity index (χ0v) is 18.9. The van der Waals surface area contributed by atoms with Crippen LogP contribution in [0, 0.1) is 6.92 Å². The number of piperazine rings is 1. The number of anilines is 2. The molecule has 8 nitrogen and oxygen atoms in total. The molecule has 5 rings (SSSR count). The van der Waals surface area contributed by atoms with Crippen LogP contribution in [0.4, 0.5) is 11.5 Å². The van der Waals surface area contributed by atoms with Gasteiger partial charge in [0.05, 0.1) is 22.3 Å². The summed E-state index contributed by atoms with van der Waals surface area (Å²) in [6, 6.07) is 16.1. The highest BCUT2D eigenvalue weighted by atomic mass is 16.2. The molecule has 1 fully saturated rings. The van der Waals surface area contributed by atoms with E-state index >= 15 is 0 Å². The number of benzene rings is 1. The minimum atomic E-state index is -0.0103. The van der Waals surface area contributed by atoms with Gasteiger partial charge >= 0.3 is 0 Å². The summed E-state index contributed by atoms with van der Waals surface area (Å²) >= 11 is 0. The topological polar surface area (TPSA) is 79.2 Å². The monoisotopic (exact) mass is 441 g/mol. The molecule has 1 saturated heterocycles. The van der Waals surface area contributed by atoms with E-state index in [1.54, 1.807) is 17.1 Å². The Balaban J connectivity index is 1.42. The number of hydrogen-bond donors (Lipinski definition) is 1. The van der Waals surface area contributed by atoms with E-state index < -0.39 is 0 Å². The van der Waals surface area contributed by atoms with Crippen LogP contribution in [0.3, 0.4) is 0 Å². The van der Waals surface area contributed by atoms with Crippen molar-refractivity contribution in [3.8, 4) is 0 Å². The van der Waals surface area contributed by atoms with E-state index in [4.69, 9.17) is 0 Å². The van der Waals surface area contributed by atoms with Gasteiger partial charge in [-0.15, -0.1) is 0 Å². The second-order valence-electron chi connectivity index (χ2n) is 8.26. The number of aromatic nitrogens is 4. The summed E-state index contributed by atoms with van der Waals surface area (Å²) in [4.78, 5) is 26.8. The lowest BCUT2D eigenvalue weighted by Crippen LogP contribution is -2.49. The van der Waals surface area contributed by atoms with Crippen LogP contribution in [-0.2, 0) is 13.6 Å². The molecule has 4 aromatic rings. The van der Waals surface area contributed by atoms with Gasteiger partial charge in [-0.3, -0.25) is 9.48 Å². The Labute approximate surface area is 192 Å². The van der Waals surface area contributed by atoms with Crippen LogP contribution in [0.5, 0.6) is 0 Å². The molecule has 1 aliphatic rings. The predicted octanol–water partition coefficient (Wildman–Crippen LogP) is 3.25. The first kappa shape index (κ1) is 20.9. The fraction of sp³-hybridized carbons (Fsp3) is 0.280. The van der Waals surface area contributed by atoms with Crippen molar-refractivity contribution in [1.29, 1.82) is 0 Å². The largest absolute Gasteiger partial charge is 0.380 e. The quantitative estimate of drug-likeness (QED) is 0.512. The smallest absolute Gasteiger partial charge is 0.257 e. The van der Waals surface area contributed by atoms with Gasteiger partial charge in [-0.1, -0.05) is 36.4 Å². The number of pyridine rings is 2. The van der Waals surface area contributed by atoms with Gasteiger partial charge in [-0.25, -0.2) is 9.97 Å². The molecule has 0 aliphatic carbocycles. The normalized spacial score (nSPS) is 14.0. The molecular weight excluding hydrogens is 414 g/mol. The first-order valence-corrected chi connectivity index (χ1v) is 11.2. The third kappa shape index (κ3) is 4.11. The Hall–Kier alpha value is -3.94. The van der Waals surface area contributed by atoms with Gasteiger partial charge in [-0.05, 0) is 24.6 Å². The molecule has 1 amide bonds. The third-order valence-electron chi connectivity index (χ3n) is 6.11.